The molecule has 3 amide bonds. The summed E-state index contributed by atoms with van der Waals surface area (Å²) in [5.74, 6) is 2.26. The van der Waals surface area contributed by atoms with Gasteiger partial charge in [0.15, 0.2) is 0 Å². The van der Waals surface area contributed by atoms with Crippen LogP contribution >= 0.6 is 11.8 Å². The van der Waals surface area contributed by atoms with E-state index in [-0.39, 0.29) is 36.1 Å². The van der Waals surface area contributed by atoms with Gasteiger partial charge in [-0.2, -0.15) is 11.8 Å². The number of nitrogens with one attached hydrogen (secondary N) is 2. The van der Waals surface area contributed by atoms with Crippen LogP contribution in [-0.4, -0.2) is 103 Å². The highest BCUT2D eigenvalue weighted by Gasteiger charge is 2.42. The monoisotopic (exact) mass is 991 g/mol. The zero-order chi connectivity index (χ0) is 50.2. The summed E-state index contributed by atoms with van der Waals surface area (Å²) in [7, 11) is 4.23. The molecule has 2 aliphatic heterocycles. The minimum absolute atomic E-state index is 0.0211. The number of fused-ring (bicyclic) bond motifs is 1. The predicted octanol–water partition coefficient (Wildman–Crippen LogP) is 14.7. The fraction of sp³-hybridized carbons (Fsp3) is 0.931. The number of hydrogen-bond donors (Lipinski definition) is 2. The first-order valence-electron chi connectivity index (χ1n) is 29.6. The average molecular weight is 992 g/mol. The topological polar surface area (TPSA) is 117 Å². The van der Waals surface area contributed by atoms with E-state index in [0.29, 0.717) is 55.5 Å². The molecular weight excluding hydrogens is 881 g/mol. The zero-order valence-corrected chi connectivity index (χ0v) is 46.7. The van der Waals surface area contributed by atoms with Gasteiger partial charge in [-0.05, 0) is 103 Å². The van der Waals surface area contributed by atoms with Crippen LogP contribution in [0.15, 0.2) is 0 Å². The van der Waals surface area contributed by atoms with Crippen molar-refractivity contribution in [2.45, 2.75) is 289 Å². The number of unbranched alkanes of at least 4 members (excludes halogenated alkanes) is 19. The number of hydrogen-bond acceptors (Lipinski definition) is 8. The van der Waals surface area contributed by atoms with Gasteiger partial charge >= 0.3 is 18.0 Å². The maximum Gasteiger partial charge on any atom is 0.315 e. The fourth-order valence-electron chi connectivity index (χ4n) is 10.5. The van der Waals surface area contributed by atoms with Gasteiger partial charge in [-0.15, -0.1) is 0 Å². The number of thioether (sulfide) groups is 1. The van der Waals surface area contributed by atoms with Crippen molar-refractivity contribution in [2.75, 3.05) is 46.2 Å². The van der Waals surface area contributed by atoms with E-state index >= 15 is 0 Å². The molecule has 10 nitrogen and oxygen atoms in total. The van der Waals surface area contributed by atoms with Gasteiger partial charge in [0.25, 0.3) is 0 Å². The van der Waals surface area contributed by atoms with E-state index in [1.165, 1.54) is 103 Å². The minimum atomic E-state index is -0.0387. The molecule has 0 aromatic rings. The van der Waals surface area contributed by atoms with Crippen LogP contribution in [0.2, 0.25) is 0 Å². The van der Waals surface area contributed by atoms with Crippen LogP contribution in [0.25, 0.3) is 0 Å². The van der Waals surface area contributed by atoms with Gasteiger partial charge in [0, 0.05) is 42.9 Å². The van der Waals surface area contributed by atoms with Crippen molar-refractivity contribution < 1.29 is 28.7 Å². The van der Waals surface area contributed by atoms with Crippen LogP contribution in [0.4, 0.5) is 4.79 Å². The van der Waals surface area contributed by atoms with E-state index in [0.717, 1.165) is 134 Å². The molecule has 0 aromatic heterocycles. The number of nitrogens with zero attached hydrogens (tertiary/aromatic N) is 2. The largest absolute Gasteiger partial charge is 0.465 e. The fourth-order valence-corrected chi connectivity index (χ4v) is 12.1. The second-order valence-corrected chi connectivity index (χ2v) is 22.9. The second kappa shape index (κ2) is 42.5. The average Bonchev–Trinajstić information content (AvgIpc) is 3.90. The number of carbonyl (C=O) groups is 4. The Morgan fingerprint density at radius 3 is 1.49 bits per heavy atom. The van der Waals surface area contributed by atoms with Gasteiger partial charge in [-0.1, -0.05) is 175 Å². The number of esters is 2. The SMILES string of the molecule is CCCCCCC(CCCC)COC(=O)CCCCCCCCC(CCCCCCCCC(=O)OCC(CCCC)CCCCCC)N(CCCN(C)C)C(=O)CCCC[C@@H]1SC[C@@H]2NC(=O)N[C@@H]21. The molecule has 2 saturated heterocycles. The number of urea groups is 1. The third-order valence-corrected chi connectivity index (χ3v) is 16.5. The Hall–Kier alpha value is -2.01. The quantitative estimate of drug-likeness (QED) is 0.0352. The van der Waals surface area contributed by atoms with Gasteiger partial charge in [-0.3, -0.25) is 14.4 Å². The third-order valence-electron chi connectivity index (χ3n) is 15.0. The molecule has 2 N–H and O–H groups in total. The van der Waals surface area contributed by atoms with Gasteiger partial charge in [0.2, 0.25) is 5.91 Å². The summed E-state index contributed by atoms with van der Waals surface area (Å²) < 4.78 is 11.6. The maximum atomic E-state index is 14.2. The molecular formula is C58H110N4O6S. The van der Waals surface area contributed by atoms with Crippen LogP contribution in [0, 0.1) is 11.8 Å². The van der Waals surface area contributed by atoms with Crippen molar-refractivity contribution in [1.29, 1.82) is 0 Å². The highest BCUT2D eigenvalue weighted by atomic mass is 32.2. The lowest BCUT2D eigenvalue weighted by Gasteiger charge is -2.33. The molecule has 5 atom stereocenters. The van der Waals surface area contributed by atoms with E-state index in [1.807, 2.05) is 11.8 Å². The molecule has 2 rings (SSSR count). The van der Waals surface area contributed by atoms with E-state index in [9.17, 15) is 19.2 Å². The van der Waals surface area contributed by atoms with E-state index < -0.39 is 0 Å². The summed E-state index contributed by atoms with van der Waals surface area (Å²) in [6.45, 7) is 11.9. The summed E-state index contributed by atoms with van der Waals surface area (Å²) in [6, 6.07) is 0.670. The Balaban J connectivity index is 1.84. The van der Waals surface area contributed by atoms with Gasteiger partial charge in [-0.25, -0.2) is 4.79 Å². The molecule has 0 bridgehead atoms. The number of carbonyl (C=O) groups excluding carboxylic acids is 4. The lowest BCUT2D eigenvalue weighted by atomic mass is 9.96. The molecule has 0 spiro atoms. The number of amides is 3. The Labute approximate surface area is 429 Å². The first kappa shape index (κ1) is 63.1. The van der Waals surface area contributed by atoms with Gasteiger partial charge in [0.1, 0.15) is 0 Å². The lowest BCUT2D eigenvalue weighted by molar-refractivity contribution is -0.146. The molecule has 2 heterocycles. The Morgan fingerprint density at radius 2 is 0.986 bits per heavy atom. The molecule has 0 radical (unpaired) electrons. The number of ether oxygens (including phenoxy) is 2. The van der Waals surface area contributed by atoms with Crippen molar-refractivity contribution in [2.24, 2.45) is 11.8 Å². The minimum Gasteiger partial charge on any atom is -0.465 e. The van der Waals surface area contributed by atoms with Crippen LogP contribution in [0.1, 0.15) is 265 Å². The zero-order valence-electron chi connectivity index (χ0n) is 45.9. The molecule has 0 aromatic carbocycles. The van der Waals surface area contributed by atoms with Crippen molar-refractivity contribution in [1.82, 2.24) is 20.4 Å². The first-order chi connectivity index (χ1) is 33.6. The van der Waals surface area contributed by atoms with Crippen LogP contribution in [0.3, 0.4) is 0 Å². The molecule has 11 heteroatoms. The third kappa shape index (κ3) is 31.9. The molecule has 69 heavy (non-hydrogen) atoms. The molecule has 2 aliphatic rings. The maximum absolute atomic E-state index is 14.2. The Kier molecular flexibility index (Phi) is 38.9. The normalized spacial score (nSPS) is 17.9. The molecule has 2 fully saturated rings. The van der Waals surface area contributed by atoms with Crippen molar-refractivity contribution in [3.05, 3.63) is 0 Å². The summed E-state index contributed by atoms with van der Waals surface area (Å²) in [5, 5.41) is 6.60. The van der Waals surface area contributed by atoms with Crippen molar-refractivity contribution >= 4 is 35.6 Å². The summed E-state index contributed by atoms with van der Waals surface area (Å²) >= 11 is 1.95. The van der Waals surface area contributed by atoms with E-state index in [4.69, 9.17) is 9.47 Å². The second-order valence-electron chi connectivity index (χ2n) is 21.7. The van der Waals surface area contributed by atoms with E-state index in [2.05, 4.69) is 62.2 Å². The lowest BCUT2D eigenvalue weighted by Crippen LogP contribution is -2.42. The smallest absolute Gasteiger partial charge is 0.315 e. The van der Waals surface area contributed by atoms with Gasteiger partial charge < -0.3 is 29.9 Å². The van der Waals surface area contributed by atoms with Crippen LogP contribution in [-0.2, 0) is 23.9 Å². The molecule has 2 unspecified atom stereocenters. The molecule has 404 valence electrons. The number of rotatable bonds is 48. The van der Waals surface area contributed by atoms with Crippen LogP contribution in [0.5, 0.6) is 0 Å². The molecule has 0 aliphatic carbocycles. The standard InChI is InChI=1S/C58H110N4O6S/c1-7-11-15-25-36-49(34-13-9-3)46-67-55(64)42-29-23-19-17-21-27-38-51(39-28-22-18-20-24-30-43-56(65)68-47-50(35-14-10-4)37-26-16-12-8-2)62(45-33-44-61(5)6)54(63)41-32-31-40-53-57-52(48-69-53)59-58(66)60-57/h49-53,57H,7-48H2,1-6H3,(H2,59,60,66)/t49?,50?,51?,52-,53-,57-/m0/s1. The highest BCUT2D eigenvalue weighted by molar-refractivity contribution is 8.00. The van der Waals surface area contributed by atoms with E-state index in [1.54, 1.807) is 0 Å². The highest BCUT2D eigenvalue weighted by Crippen LogP contribution is 2.33. The van der Waals surface area contributed by atoms with Crippen LogP contribution < -0.4 is 10.6 Å². The molecule has 0 saturated carbocycles. The Bertz CT molecular complexity index is 1230. The first-order valence-corrected chi connectivity index (χ1v) is 30.6. The summed E-state index contributed by atoms with van der Waals surface area (Å²) in [4.78, 5) is 55.9. The van der Waals surface area contributed by atoms with Gasteiger partial charge in [0.05, 0.1) is 25.3 Å². The predicted molar refractivity (Wildman–Crippen MR) is 292 cm³/mol. The van der Waals surface area contributed by atoms with Crippen molar-refractivity contribution in [3.63, 3.8) is 0 Å². The van der Waals surface area contributed by atoms with Crippen molar-refractivity contribution in [3.8, 4) is 0 Å². The summed E-state index contributed by atoms with van der Waals surface area (Å²) in [6.07, 6.45) is 40.4. The summed E-state index contributed by atoms with van der Waals surface area (Å²) in [5.41, 5.74) is 0. The Morgan fingerprint density at radius 1 is 0.536 bits per heavy atom.